The molecule has 2 aromatic rings. The van der Waals surface area contributed by atoms with E-state index in [1.807, 2.05) is 26.1 Å². The summed E-state index contributed by atoms with van der Waals surface area (Å²) in [6.07, 6.45) is 7.38. The van der Waals surface area contributed by atoms with Crippen LogP contribution in [0.5, 0.6) is 0 Å². The van der Waals surface area contributed by atoms with E-state index in [0.29, 0.717) is 17.4 Å². The Balaban J connectivity index is 1.91. The van der Waals surface area contributed by atoms with Crippen molar-refractivity contribution in [2.24, 2.45) is 0 Å². The van der Waals surface area contributed by atoms with Gasteiger partial charge < -0.3 is 10.2 Å². The standard InChI is InChI=1S/C17H26N6O/c1-12(2)19-17(24)13-11-18-23-10-8-14(20-16(13)23)22(4)15-7-5-6-9-21(15)3/h8,10-12,15H,5-7,9H2,1-4H3,(H,19,24). The van der Waals surface area contributed by atoms with Gasteiger partial charge in [0.05, 0.1) is 12.4 Å². The highest BCUT2D eigenvalue weighted by Gasteiger charge is 2.24. The maximum atomic E-state index is 12.3. The lowest BCUT2D eigenvalue weighted by molar-refractivity contribution is 0.0944. The average Bonchev–Trinajstić information content (AvgIpc) is 2.97. The van der Waals surface area contributed by atoms with Gasteiger partial charge in [0.15, 0.2) is 5.65 Å². The molecule has 7 heteroatoms. The second-order valence-corrected chi connectivity index (χ2v) is 6.81. The van der Waals surface area contributed by atoms with Crippen molar-refractivity contribution in [2.45, 2.75) is 45.3 Å². The molecule has 1 saturated heterocycles. The number of rotatable bonds is 4. The molecule has 2 aromatic heterocycles. The first-order valence-electron chi connectivity index (χ1n) is 8.55. The van der Waals surface area contributed by atoms with Gasteiger partial charge >= 0.3 is 0 Å². The second kappa shape index (κ2) is 6.76. The maximum absolute atomic E-state index is 12.3. The molecule has 0 saturated carbocycles. The summed E-state index contributed by atoms with van der Waals surface area (Å²) in [7, 11) is 4.22. The minimum Gasteiger partial charge on any atom is -0.350 e. The van der Waals surface area contributed by atoms with Crippen molar-refractivity contribution in [3.63, 3.8) is 0 Å². The van der Waals surface area contributed by atoms with Gasteiger partial charge in [-0.1, -0.05) is 0 Å². The predicted molar refractivity (Wildman–Crippen MR) is 94.3 cm³/mol. The number of hydrogen-bond donors (Lipinski definition) is 1. The van der Waals surface area contributed by atoms with E-state index in [0.717, 1.165) is 18.8 Å². The monoisotopic (exact) mass is 330 g/mol. The smallest absolute Gasteiger partial charge is 0.256 e. The number of carbonyl (C=O) groups is 1. The average molecular weight is 330 g/mol. The highest BCUT2D eigenvalue weighted by molar-refractivity contribution is 5.99. The lowest BCUT2D eigenvalue weighted by atomic mass is 10.1. The van der Waals surface area contributed by atoms with Crippen LogP contribution in [0.3, 0.4) is 0 Å². The number of aromatic nitrogens is 3. The SMILES string of the molecule is CC(C)NC(=O)c1cnn2ccc(N(C)C3CCCCN3C)nc12. The predicted octanol–water partition coefficient (Wildman–Crippen LogP) is 1.75. The number of hydrogen-bond acceptors (Lipinski definition) is 5. The quantitative estimate of drug-likeness (QED) is 0.925. The van der Waals surface area contributed by atoms with E-state index in [4.69, 9.17) is 4.98 Å². The summed E-state index contributed by atoms with van der Waals surface area (Å²) in [6, 6.07) is 2.03. The normalized spacial score (nSPS) is 19.0. The van der Waals surface area contributed by atoms with Crippen molar-refractivity contribution < 1.29 is 4.79 Å². The van der Waals surface area contributed by atoms with Crippen LogP contribution in [0.4, 0.5) is 5.82 Å². The van der Waals surface area contributed by atoms with Crippen molar-refractivity contribution >= 4 is 17.4 Å². The van der Waals surface area contributed by atoms with Crippen molar-refractivity contribution in [2.75, 3.05) is 25.5 Å². The van der Waals surface area contributed by atoms with Gasteiger partial charge in [-0.15, -0.1) is 0 Å². The highest BCUT2D eigenvalue weighted by atomic mass is 16.1. The Kier molecular flexibility index (Phi) is 4.71. The fourth-order valence-electron chi connectivity index (χ4n) is 3.26. The first-order valence-corrected chi connectivity index (χ1v) is 8.55. The summed E-state index contributed by atoms with van der Waals surface area (Å²) in [4.78, 5) is 21.6. The summed E-state index contributed by atoms with van der Waals surface area (Å²) in [5, 5.41) is 7.14. The number of nitrogens with one attached hydrogen (secondary N) is 1. The minimum atomic E-state index is -0.137. The van der Waals surface area contributed by atoms with Gasteiger partial charge in [0, 0.05) is 19.3 Å². The minimum absolute atomic E-state index is 0.0780. The molecule has 0 spiro atoms. The van der Waals surface area contributed by atoms with E-state index < -0.39 is 0 Å². The maximum Gasteiger partial charge on any atom is 0.256 e. The molecular weight excluding hydrogens is 304 g/mol. The molecule has 1 fully saturated rings. The summed E-state index contributed by atoms with van der Waals surface area (Å²) >= 11 is 0. The lowest BCUT2D eigenvalue weighted by Gasteiger charge is -2.39. The molecule has 0 bridgehead atoms. The Labute approximate surface area is 142 Å². The van der Waals surface area contributed by atoms with Gasteiger partial charge in [-0.05, 0) is 52.8 Å². The van der Waals surface area contributed by atoms with Crippen LogP contribution < -0.4 is 10.2 Å². The van der Waals surface area contributed by atoms with E-state index in [2.05, 4.69) is 34.3 Å². The number of piperidine rings is 1. The van der Waals surface area contributed by atoms with Crippen LogP contribution in [-0.2, 0) is 0 Å². The molecule has 130 valence electrons. The van der Waals surface area contributed by atoms with Gasteiger partial charge in [-0.3, -0.25) is 9.69 Å². The van der Waals surface area contributed by atoms with Crippen LogP contribution >= 0.6 is 0 Å². The molecule has 1 unspecified atom stereocenters. The van der Waals surface area contributed by atoms with E-state index in [9.17, 15) is 4.79 Å². The molecule has 1 N–H and O–H groups in total. The molecule has 1 atom stereocenters. The van der Waals surface area contributed by atoms with Crippen LogP contribution in [0.1, 0.15) is 43.5 Å². The van der Waals surface area contributed by atoms with E-state index in [-0.39, 0.29) is 11.9 Å². The first-order chi connectivity index (χ1) is 11.5. The van der Waals surface area contributed by atoms with E-state index >= 15 is 0 Å². The molecule has 0 aromatic carbocycles. The van der Waals surface area contributed by atoms with Crippen LogP contribution in [-0.4, -0.2) is 58.3 Å². The van der Waals surface area contributed by atoms with Crippen LogP contribution in [0.25, 0.3) is 5.65 Å². The number of amides is 1. The van der Waals surface area contributed by atoms with Gasteiger partial charge in [0.2, 0.25) is 0 Å². The van der Waals surface area contributed by atoms with E-state index in [1.165, 1.54) is 12.8 Å². The molecule has 0 aliphatic carbocycles. The zero-order chi connectivity index (χ0) is 17.3. The lowest BCUT2D eigenvalue weighted by Crippen LogP contribution is -2.47. The molecular formula is C17H26N6O. The molecule has 3 rings (SSSR count). The number of carbonyl (C=O) groups excluding carboxylic acids is 1. The number of nitrogens with zero attached hydrogens (tertiary/aromatic N) is 5. The molecule has 1 aliphatic heterocycles. The largest absolute Gasteiger partial charge is 0.350 e. The van der Waals surface area contributed by atoms with Crippen LogP contribution in [0, 0.1) is 0 Å². The molecule has 1 amide bonds. The number of anilines is 1. The Bertz CT molecular complexity index is 725. The zero-order valence-corrected chi connectivity index (χ0v) is 14.9. The second-order valence-electron chi connectivity index (χ2n) is 6.81. The number of fused-ring (bicyclic) bond motifs is 1. The highest BCUT2D eigenvalue weighted by Crippen LogP contribution is 2.23. The molecule has 1 aliphatic rings. The first kappa shape index (κ1) is 16.7. The third-order valence-corrected chi connectivity index (χ3v) is 4.56. The Morgan fingerprint density at radius 2 is 2.21 bits per heavy atom. The van der Waals surface area contributed by atoms with Crippen LogP contribution in [0.2, 0.25) is 0 Å². The Morgan fingerprint density at radius 1 is 1.42 bits per heavy atom. The number of likely N-dealkylation sites (tertiary alicyclic amines) is 1. The summed E-state index contributed by atoms with van der Waals surface area (Å²) in [5.74, 6) is 0.724. The third kappa shape index (κ3) is 3.21. The molecule has 24 heavy (non-hydrogen) atoms. The van der Waals surface area contributed by atoms with Crippen molar-refractivity contribution in [1.82, 2.24) is 24.8 Å². The summed E-state index contributed by atoms with van der Waals surface area (Å²) in [5.41, 5.74) is 1.10. The topological polar surface area (TPSA) is 65.8 Å². The third-order valence-electron chi connectivity index (χ3n) is 4.56. The zero-order valence-electron chi connectivity index (χ0n) is 14.9. The fraction of sp³-hybridized carbons (Fsp3) is 0.588. The Hall–Kier alpha value is -2.15. The van der Waals surface area contributed by atoms with E-state index in [1.54, 1.807) is 10.7 Å². The summed E-state index contributed by atoms with van der Waals surface area (Å²) in [6.45, 7) is 4.98. The van der Waals surface area contributed by atoms with Crippen molar-refractivity contribution in [3.05, 3.63) is 24.0 Å². The van der Waals surface area contributed by atoms with Crippen molar-refractivity contribution in [3.8, 4) is 0 Å². The van der Waals surface area contributed by atoms with Crippen molar-refractivity contribution in [1.29, 1.82) is 0 Å². The van der Waals surface area contributed by atoms with Crippen LogP contribution in [0.15, 0.2) is 18.5 Å². The summed E-state index contributed by atoms with van der Waals surface area (Å²) < 4.78 is 1.65. The molecule has 0 radical (unpaired) electrons. The molecule has 7 nitrogen and oxygen atoms in total. The van der Waals surface area contributed by atoms with Gasteiger partial charge in [0.1, 0.15) is 11.4 Å². The molecule has 3 heterocycles. The Morgan fingerprint density at radius 3 is 2.92 bits per heavy atom. The van der Waals surface area contributed by atoms with Gasteiger partial charge in [0.25, 0.3) is 5.91 Å². The van der Waals surface area contributed by atoms with Gasteiger partial charge in [-0.2, -0.15) is 5.10 Å². The fourth-order valence-corrected chi connectivity index (χ4v) is 3.26. The van der Waals surface area contributed by atoms with Gasteiger partial charge in [-0.25, -0.2) is 9.50 Å².